The standard InChI is InChI=1S/C27H30ClFN4O4/c1-27(2,3)37-26(35)32-13-11-17(12-14-32)24-21(25(34)31-23-10-5-18(29)15-22(23)28)16-30-33(24)19-6-8-20(36-4)9-7-19/h5-10,15-17H,11-14H2,1-4H3,(H,31,34). The van der Waals surface area contributed by atoms with Crippen LogP contribution in [0.1, 0.15) is 55.6 Å². The van der Waals surface area contributed by atoms with Gasteiger partial charge in [0, 0.05) is 19.0 Å². The van der Waals surface area contributed by atoms with Crippen LogP contribution >= 0.6 is 11.6 Å². The Morgan fingerprint density at radius 3 is 2.38 bits per heavy atom. The first kappa shape index (κ1) is 26.5. The van der Waals surface area contributed by atoms with Crippen LogP contribution < -0.4 is 10.1 Å². The topological polar surface area (TPSA) is 85.7 Å². The highest BCUT2D eigenvalue weighted by atomic mass is 35.5. The molecule has 2 amide bonds. The molecule has 10 heteroatoms. The molecule has 2 heterocycles. The second kappa shape index (κ2) is 10.8. The Kier molecular flexibility index (Phi) is 7.73. The van der Waals surface area contributed by atoms with Gasteiger partial charge in [-0.1, -0.05) is 11.6 Å². The summed E-state index contributed by atoms with van der Waals surface area (Å²) in [6.07, 6.45) is 2.42. The van der Waals surface area contributed by atoms with E-state index in [2.05, 4.69) is 10.4 Å². The molecule has 196 valence electrons. The number of piperidine rings is 1. The van der Waals surface area contributed by atoms with Gasteiger partial charge in [-0.3, -0.25) is 4.79 Å². The van der Waals surface area contributed by atoms with Crippen molar-refractivity contribution in [2.45, 2.75) is 45.1 Å². The van der Waals surface area contributed by atoms with Gasteiger partial charge in [0.05, 0.1) is 41.0 Å². The minimum absolute atomic E-state index is 0.0484. The number of nitrogens with zero attached hydrogens (tertiary/aromatic N) is 3. The molecule has 1 aromatic heterocycles. The Labute approximate surface area is 220 Å². The summed E-state index contributed by atoms with van der Waals surface area (Å²) >= 11 is 6.13. The van der Waals surface area contributed by atoms with E-state index >= 15 is 0 Å². The quantitative estimate of drug-likeness (QED) is 0.436. The number of carbonyl (C=O) groups is 2. The van der Waals surface area contributed by atoms with E-state index < -0.39 is 17.3 Å². The zero-order valence-corrected chi connectivity index (χ0v) is 22.0. The molecule has 0 bridgehead atoms. The fourth-order valence-electron chi connectivity index (χ4n) is 4.30. The minimum Gasteiger partial charge on any atom is -0.497 e. The molecule has 2 aromatic carbocycles. The summed E-state index contributed by atoms with van der Waals surface area (Å²) in [5, 5.41) is 7.41. The number of likely N-dealkylation sites (tertiary alicyclic amines) is 1. The van der Waals surface area contributed by atoms with E-state index in [0.29, 0.717) is 42.9 Å². The van der Waals surface area contributed by atoms with Gasteiger partial charge in [-0.15, -0.1) is 0 Å². The summed E-state index contributed by atoms with van der Waals surface area (Å²) in [6.45, 7) is 6.48. The van der Waals surface area contributed by atoms with Gasteiger partial charge in [0.25, 0.3) is 5.91 Å². The molecule has 1 saturated heterocycles. The van der Waals surface area contributed by atoms with Crippen LogP contribution in [-0.4, -0.2) is 52.5 Å². The normalized spacial score (nSPS) is 14.4. The lowest BCUT2D eigenvalue weighted by Crippen LogP contribution is -2.41. The maximum Gasteiger partial charge on any atom is 0.410 e. The van der Waals surface area contributed by atoms with Crippen LogP contribution in [0.3, 0.4) is 0 Å². The number of carbonyl (C=O) groups excluding carboxylic acids is 2. The third kappa shape index (κ3) is 6.22. The maximum absolute atomic E-state index is 13.5. The summed E-state index contributed by atoms with van der Waals surface area (Å²) in [5.74, 6) is -0.245. The van der Waals surface area contributed by atoms with Crippen LogP contribution in [0, 0.1) is 5.82 Å². The van der Waals surface area contributed by atoms with Gasteiger partial charge in [-0.2, -0.15) is 5.10 Å². The summed E-state index contributed by atoms with van der Waals surface area (Å²) < 4.78 is 26.0. The average molecular weight is 529 g/mol. The number of nitrogens with one attached hydrogen (secondary N) is 1. The summed E-state index contributed by atoms with van der Waals surface area (Å²) in [6, 6.07) is 11.2. The zero-order valence-electron chi connectivity index (χ0n) is 21.3. The lowest BCUT2D eigenvalue weighted by molar-refractivity contribution is 0.0203. The number of ether oxygens (including phenoxy) is 2. The van der Waals surface area contributed by atoms with Gasteiger partial charge in [0.1, 0.15) is 17.2 Å². The number of amides is 2. The van der Waals surface area contributed by atoms with Gasteiger partial charge in [-0.05, 0) is 76.1 Å². The van der Waals surface area contributed by atoms with Crippen molar-refractivity contribution in [1.82, 2.24) is 14.7 Å². The maximum atomic E-state index is 13.5. The van der Waals surface area contributed by atoms with Gasteiger partial charge in [0.15, 0.2) is 0 Å². The van der Waals surface area contributed by atoms with Crippen LogP contribution in [0.5, 0.6) is 5.75 Å². The molecule has 37 heavy (non-hydrogen) atoms. The molecule has 0 aliphatic carbocycles. The first-order chi connectivity index (χ1) is 17.6. The van der Waals surface area contributed by atoms with Gasteiger partial charge in [0.2, 0.25) is 0 Å². The fourth-order valence-corrected chi connectivity index (χ4v) is 4.51. The number of halogens is 2. The molecule has 0 radical (unpaired) electrons. The zero-order chi connectivity index (χ0) is 26.7. The Hall–Kier alpha value is -3.59. The van der Waals surface area contributed by atoms with Crippen molar-refractivity contribution in [3.63, 3.8) is 0 Å². The number of methoxy groups -OCH3 is 1. The van der Waals surface area contributed by atoms with Crippen molar-refractivity contribution >= 4 is 29.3 Å². The van der Waals surface area contributed by atoms with Crippen LogP contribution in [0.4, 0.5) is 14.9 Å². The van der Waals surface area contributed by atoms with Crippen molar-refractivity contribution in [3.8, 4) is 11.4 Å². The molecule has 1 aliphatic heterocycles. The fraction of sp³-hybridized carbons (Fsp3) is 0.370. The molecule has 4 rings (SSSR count). The van der Waals surface area contributed by atoms with Crippen LogP contribution in [0.25, 0.3) is 5.69 Å². The molecule has 8 nitrogen and oxygen atoms in total. The first-order valence-corrected chi connectivity index (χ1v) is 12.4. The second-order valence-corrected chi connectivity index (χ2v) is 10.3. The summed E-state index contributed by atoms with van der Waals surface area (Å²) in [4.78, 5) is 27.6. The van der Waals surface area contributed by atoms with Crippen LogP contribution in [0.15, 0.2) is 48.7 Å². The number of aromatic nitrogens is 2. The monoisotopic (exact) mass is 528 g/mol. The van der Waals surface area contributed by atoms with E-state index in [1.165, 1.54) is 18.3 Å². The molecule has 1 N–H and O–H groups in total. The molecular formula is C27H30ClFN4O4. The van der Waals surface area contributed by atoms with Crippen LogP contribution in [0.2, 0.25) is 5.02 Å². The Morgan fingerprint density at radius 2 is 1.78 bits per heavy atom. The molecule has 0 saturated carbocycles. The molecule has 0 unspecified atom stereocenters. The van der Waals surface area contributed by atoms with Crippen molar-refractivity contribution in [1.29, 1.82) is 0 Å². The summed E-state index contributed by atoms with van der Waals surface area (Å²) in [7, 11) is 1.59. The smallest absolute Gasteiger partial charge is 0.410 e. The highest BCUT2D eigenvalue weighted by Gasteiger charge is 2.32. The van der Waals surface area contributed by atoms with E-state index in [1.807, 2.05) is 45.0 Å². The molecule has 3 aromatic rings. The highest BCUT2D eigenvalue weighted by Crippen LogP contribution is 2.34. The molecule has 1 fully saturated rings. The van der Waals surface area contributed by atoms with E-state index in [1.54, 1.807) is 16.7 Å². The van der Waals surface area contributed by atoms with Gasteiger partial charge < -0.3 is 19.7 Å². The first-order valence-electron chi connectivity index (χ1n) is 12.0. The lowest BCUT2D eigenvalue weighted by atomic mass is 9.90. The van der Waals surface area contributed by atoms with E-state index in [0.717, 1.165) is 17.4 Å². The molecule has 1 aliphatic rings. The van der Waals surface area contributed by atoms with Crippen molar-refractivity contribution in [2.75, 3.05) is 25.5 Å². The Morgan fingerprint density at radius 1 is 1.11 bits per heavy atom. The number of hydrogen-bond donors (Lipinski definition) is 1. The molecular weight excluding hydrogens is 499 g/mol. The summed E-state index contributed by atoms with van der Waals surface area (Å²) in [5.41, 5.74) is 1.60. The second-order valence-electron chi connectivity index (χ2n) is 9.87. The third-order valence-corrected chi connectivity index (χ3v) is 6.39. The number of hydrogen-bond acceptors (Lipinski definition) is 5. The van der Waals surface area contributed by atoms with E-state index in [9.17, 15) is 14.0 Å². The number of rotatable bonds is 5. The number of anilines is 1. The largest absolute Gasteiger partial charge is 0.497 e. The lowest BCUT2D eigenvalue weighted by Gasteiger charge is -2.34. The predicted molar refractivity (Wildman–Crippen MR) is 139 cm³/mol. The third-order valence-electron chi connectivity index (χ3n) is 6.08. The minimum atomic E-state index is -0.576. The molecule has 0 atom stereocenters. The van der Waals surface area contributed by atoms with Gasteiger partial charge in [-0.25, -0.2) is 13.9 Å². The van der Waals surface area contributed by atoms with E-state index in [-0.39, 0.29) is 17.0 Å². The van der Waals surface area contributed by atoms with Crippen molar-refractivity contribution < 1.29 is 23.5 Å². The number of benzene rings is 2. The average Bonchev–Trinajstić information content (AvgIpc) is 3.30. The Balaban J connectivity index is 1.63. The molecule has 0 spiro atoms. The Bertz CT molecular complexity index is 1280. The van der Waals surface area contributed by atoms with Crippen LogP contribution in [-0.2, 0) is 4.74 Å². The van der Waals surface area contributed by atoms with Crippen molar-refractivity contribution in [3.05, 3.63) is 70.8 Å². The van der Waals surface area contributed by atoms with Crippen molar-refractivity contribution in [2.24, 2.45) is 0 Å². The van der Waals surface area contributed by atoms with Gasteiger partial charge >= 0.3 is 6.09 Å². The van der Waals surface area contributed by atoms with E-state index in [4.69, 9.17) is 21.1 Å². The predicted octanol–water partition coefficient (Wildman–Crippen LogP) is 6.04. The SMILES string of the molecule is COc1ccc(-n2ncc(C(=O)Nc3ccc(F)cc3Cl)c2C2CCN(C(=O)OC(C)(C)C)CC2)cc1. The highest BCUT2D eigenvalue weighted by molar-refractivity contribution is 6.33.